The number of carboxylic acids is 1. The zero-order valence-corrected chi connectivity index (χ0v) is 20.2. The Morgan fingerprint density at radius 1 is 0.784 bits per heavy atom. The maximum absolute atomic E-state index is 13.2. The van der Waals surface area contributed by atoms with Crippen LogP contribution in [-0.2, 0) is 36.8 Å². The molecule has 0 aliphatic heterocycles. The molecule has 0 saturated heterocycles. The number of carboxylic acid groups (broad SMARTS) is 1. The molecule has 9 N–H and O–H groups in total. The first-order valence-corrected chi connectivity index (χ1v) is 11.5. The van der Waals surface area contributed by atoms with Crippen molar-refractivity contribution in [3.63, 3.8) is 0 Å². The van der Waals surface area contributed by atoms with Gasteiger partial charge in [-0.1, -0.05) is 42.5 Å². The number of nitrogens with two attached hydrogens (primary N) is 2. The van der Waals surface area contributed by atoms with Crippen LogP contribution < -0.4 is 27.4 Å². The van der Waals surface area contributed by atoms with Gasteiger partial charge in [-0.15, -0.1) is 0 Å². The smallest absolute Gasteiger partial charge is 0.325 e. The molecule has 12 nitrogen and oxygen atoms in total. The molecule has 0 saturated carbocycles. The second-order valence-corrected chi connectivity index (χ2v) is 8.53. The molecule has 0 radical (unpaired) electrons. The SMILES string of the molecule is CC(NC(=O)C(CC(N)=O)NC(=O)C(Cc1ccc(O)cc1)NC(=O)C(N)Cc1ccccc1)C(=O)O. The number of hydrogen-bond donors (Lipinski definition) is 7. The van der Waals surface area contributed by atoms with Gasteiger partial charge in [0, 0.05) is 6.42 Å². The van der Waals surface area contributed by atoms with Crippen LogP contribution in [0.1, 0.15) is 24.5 Å². The van der Waals surface area contributed by atoms with Gasteiger partial charge in [0.15, 0.2) is 0 Å². The molecule has 0 bridgehead atoms. The molecule has 2 rings (SSSR count). The normalized spacial score (nSPS) is 13.9. The first kappa shape index (κ1) is 28.8. The van der Waals surface area contributed by atoms with E-state index in [0.717, 1.165) is 5.56 Å². The van der Waals surface area contributed by atoms with E-state index in [1.54, 1.807) is 36.4 Å². The van der Waals surface area contributed by atoms with E-state index in [4.69, 9.17) is 16.6 Å². The quantitative estimate of drug-likeness (QED) is 0.175. The summed E-state index contributed by atoms with van der Waals surface area (Å²) in [5.74, 6) is -4.60. The molecule has 12 heteroatoms. The van der Waals surface area contributed by atoms with Crippen molar-refractivity contribution in [2.24, 2.45) is 11.5 Å². The number of amides is 4. The monoisotopic (exact) mass is 513 g/mol. The largest absolute Gasteiger partial charge is 0.508 e. The van der Waals surface area contributed by atoms with Gasteiger partial charge >= 0.3 is 5.97 Å². The maximum atomic E-state index is 13.2. The van der Waals surface area contributed by atoms with E-state index < -0.39 is 60.2 Å². The first-order valence-electron chi connectivity index (χ1n) is 11.5. The molecule has 0 aliphatic carbocycles. The summed E-state index contributed by atoms with van der Waals surface area (Å²) >= 11 is 0. The van der Waals surface area contributed by atoms with Crippen LogP contribution >= 0.6 is 0 Å². The lowest BCUT2D eigenvalue weighted by atomic mass is 10.0. The highest BCUT2D eigenvalue weighted by Gasteiger charge is 2.30. The minimum absolute atomic E-state index is 0.00409. The topological polar surface area (TPSA) is 214 Å². The summed E-state index contributed by atoms with van der Waals surface area (Å²) in [6, 6.07) is 9.97. The average molecular weight is 514 g/mol. The lowest BCUT2D eigenvalue weighted by Gasteiger charge is -2.24. The van der Waals surface area contributed by atoms with Gasteiger partial charge in [-0.05, 0) is 36.6 Å². The van der Waals surface area contributed by atoms with E-state index in [1.807, 2.05) is 6.07 Å². The molecule has 0 heterocycles. The van der Waals surface area contributed by atoms with E-state index >= 15 is 0 Å². The van der Waals surface area contributed by atoms with Gasteiger partial charge in [0.05, 0.1) is 12.5 Å². The summed E-state index contributed by atoms with van der Waals surface area (Å²) in [4.78, 5) is 61.2. The summed E-state index contributed by atoms with van der Waals surface area (Å²) in [6.07, 6.45) is -0.427. The number of rotatable bonds is 13. The molecule has 0 spiro atoms. The van der Waals surface area contributed by atoms with Crippen LogP contribution in [0.15, 0.2) is 54.6 Å². The van der Waals surface area contributed by atoms with Crippen LogP contribution in [0.25, 0.3) is 0 Å². The number of carbonyl (C=O) groups excluding carboxylic acids is 4. The number of benzene rings is 2. The minimum Gasteiger partial charge on any atom is -0.508 e. The molecule has 198 valence electrons. The number of aliphatic carboxylic acids is 1. The fourth-order valence-electron chi connectivity index (χ4n) is 3.37. The fraction of sp³-hybridized carbons (Fsp3) is 0.320. The van der Waals surface area contributed by atoms with Crippen molar-refractivity contribution in [1.29, 1.82) is 0 Å². The summed E-state index contributed by atoms with van der Waals surface area (Å²) in [5, 5.41) is 25.7. The van der Waals surface area contributed by atoms with Crippen LogP contribution in [0.2, 0.25) is 0 Å². The van der Waals surface area contributed by atoms with Crippen molar-refractivity contribution in [1.82, 2.24) is 16.0 Å². The number of carbonyl (C=O) groups is 5. The zero-order chi connectivity index (χ0) is 27.5. The van der Waals surface area contributed by atoms with Gasteiger partial charge in [0.1, 0.15) is 23.9 Å². The highest BCUT2D eigenvalue weighted by atomic mass is 16.4. The molecule has 4 amide bonds. The van der Waals surface area contributed by atoms with Crippen LogP contribution in [-0.4, -0.2) is 64.0 Å². The molecule has 0 aromatic heterocycles. The summed E-state index contributed by atoms with van der Waals surface area (Å²) < 4.78 is 0. The molecule has 4 atom stereocenters. The Labute approximate surface area is 213 Å². The molecule has 0 fully saturated rings. The van der Waals surface area contributed by atoms with E-state index in [2.05, 4.69) is 16.0 Å². The average Bonchev–Trinajstić information content (AvgIpc) is 2.84. The second kappa shape index (κ2) is 13.6. The molecule has 37 heavy (non-hydrogen) atoms. The van der Waals surface area contributed by atoms with Crippen molar-refractivity contribution < 1.29 is 34.2 Å². The Hall–Kier alpha value is -4.45. The van der Waals surface area contributed by atoms with Gasteiger partial charge in [0.25, 0.3) is 0 Å². The number of phenols is 1. The Kier molecular flexibility index (Phi) is 10.6. The van der Waals surface area contributed by atoms with Crippen molar-refractivity contribution in [2.75, 3.05) is 0 Å². The molecular formula is C25H31N5O7. The Bertz CT molecular complexity index is 1110. The van der Waals surface area contributed by atoms with Gasteiger partial charge in [-0.2, -0.15) is 0 Å². The lowest BCUT2D eigenvalue weighted by molar-refractivity contribution is -0.142. The molecule has 0 aliphatic rings. The standard InChI is InChI=1S/C25H31N5O7/c1-14(25(36)37)28-23(34)20(13-21(27)32)30-24(35)19(12-16-7-9-17(31)10-8-16)29-22(33)18(26)11-15-5-3-2-4-6-15/h2-10,14,18-20,31H,11-13,26H2,1H3,(H2,27,32)(H,28,34)(H,29,33)(H,30,35)(H,36,37). The van der Waals surface area contributed by atoms with Crippen LogP contribution in [0.3, 0.4) is 0 Å². The maximum Gasteiger partial charge on any atom is 0.325 e. The van der Waals surface area contributed by atoms with Crippen LogP contribution in [0.5, 0.6) is 5.75 Å². The van der Waals surface area contributed by atoms with Crippen molar-refractivity contribution >= 4 is 29.6 Å². The van der Waals surface area contributed by atoms with E-state index in [9.17, 15) is 29.1 Å². The summed E-state index contributed by atoms with van der Waals surface area (Å²) in [5.41, 5.74) is 12.6. The van der Waals surface area contributed by atoms with Gasteiger partial charge in [0.2, 0.25) is 23.6 Å². The van der Waals surface area contributed by atoms with Gasteiger partial charge in [-0.25, -0.2) is 0 Å². The summed E-state index contributed by atoms with van der Waals surface area (Å²) in [6.45, 7) is 1.21. The molecular weight excluding hydrogens is 482 g/mol. The van der Waals surface area contributed by atoms with Gasteiger partial charge < -0.3 is 37.6 Å². The Morgan fingerprint density at radius 2 is 1.32 bits per heavy atom. The van der Waals surface area contributed by atoms with Crippen LogP contribution in [0.4, 0.5) is 0 Å². The zero-order valence-electron chi connectivity index (χ0n) is 20.2. The Balaban J connectivity index is 2.21. The molecule has 4 unspecified atom stereocenters. The van der Waals surface area contributed by atoms with E-state index in [1.165, 1.54) is 19.1 Å². The fourth-order valence-corrected chi connectivity index (χ4v) is 3.37. The third-order valence-corrected chi connectivity index (χ3v) is 5.41. The first-order chi connectivity index (χ1) is 17.5. The number of phenolic OH excluding ortho intramolecular Hbond substituents is 1. The highest BCUT2D eigenvalue weighted by Crippen LogP contribution is 2.12. The van der Waals surface area contributed by atoms with E-state index in [-0.39, 0.29) is 18.6 Å². The number of hydrogen-bond acceptors (Lipinski definition) is 7. The summed E-state index contributed by atoms with van der Waals surface area (Å²) in [7, 11) is 0. The second-order valence-electron chi connectivity index (χ2n) is 8.53. The van der Waals surface area contributed by atoms with Gasteiger partial charge in [-0.3, -0.25) is 24.0 Å². The number of aromatic hydroxyl groups is 1. The lowest BCUT2D eigenvalue weighted by Crippen LogP contribution is -2.58. The highest BCUT2D eigenvalue weighted by molar-refractivity contribution is 5.96. The Morgan fingerprint density at radius 3 is 1.89 bits per heavy atom. The van der Waals surface area contributed by atoms with E-state index in [0.29, 0.717) is 5.56 Å². The third kappa shape index (κ3) is 9.61. The number of primary amides is 1. The minimum atomic E-state index is -1.48. The third-order valence-electron chi connectivity index (χ3n) is 5.41. The predicted molar refractivity (Wildman–Crippen MR) is 133 cm³/mol. The number of nitrogens with one attached hydrogen (secondary N) is 3. The van der Waals surface area contributed by atoms with Crippen molar-refractivity contribution in [3.8, 4) is 5.75 Å². The molecule has 2 aromatic rings. The van der Waals surface area contributed by atoms with Crippen molar-refractivity contribution in [2.45, 2.75) is 50.4 Å². The van der Waals surface area contributed by atoms with Crippen LogP contribution in [0, 0.1) is 0 Å². The van der Waals surface area contributed by atoms with Crippen molar-refractivity contribution in [3.05, 3.63) is 65.7 Å². The predicted octanol–water partition coefficient (Wildman–Crippen LogP) is -1.06. The molecule has 2 aromatic carbocycles.